The molecule has 14 aromatic rings. The monoisotopic (exact) mass is 1070 g/mol. The first-order valence-corrected chi connectivity index (χ1v) is 23.1. The fraction of sp³-hybridized carbons (Fsp3) is 0.0833. The molecule has 0 saturated carbocycles. The number of rotatable bonds is 5. The van der Waals surface area contributed by atoms with Gasteiger partial charge < -0.3 is 18.1 Å². The number of pyridine rings is 1. The summed E-state index contributed by atoms with van der Waals surface area (Å²) in [6.07, 6.45) is 5.75. The van der Waals surface area contributed by atoms with Crippen molar-refractivity contribution in [3.05, 3.63) is 212 Å². The van der Waals surface area contributed by atoms with Gasteiger partial charge in [-0.25, -0.2) is 9.97 Å². The van der Waals surface area contributed by atoms with Gasteiger partial charge in [-0.3, -0.25) is 9.13 Å². The van der Waals surface area contributed by atoms with Crippen LogP contribution in [-0.2, 0) is 26.5 Å². The molecule has 0 atom stereocenters. The van der Waals surface area contributed by atoms with Gasteiger partial charge in [-0.15, -0.1) is 23.6 Å². The Kier molecular flexibility index (Phi) is 9.08. The number of hydrogen-bond donors (Lipinski definition) is 0. The van der Waals surface area contributed by atoms with E-state index < -0.39 is 0 Å². The van der Waals surface area contributed by atoms with E-state index in [4.69, 9.17) is 9.97 Å². The van der Waals surface area contributed by atoms with Crippen molar-refractivity contribution in [2.24, 2.45) is 0 Å². The number of aromatic nitrogens is 8. The Hall–Kier alpha value is -8.06. The summed E-state index contributed by atoms with van der Waals surface area (Å²) in [5, 5.41) is 4.62. The number of aryl methyl sites for hydroxylation is 1. The van der Waals surface area contributed by atoms with Gasteiger partial charge in [0.1, 0.15) is 5.82 Å². The van der Waals surface area contributed by atoms with Gasteiger partial charge in [0, 0.05) is 49.2 Å². The van der Waals surface area contributed by atoms with Crippen molar-refractivity contribution in [2.45, 2.75) is 33.1 Å². The van der Waals surface area contributed by atoms with E-state index >= 15 is 0 Å². The molecule has 0 aliphatic heterocycles. The van der Waals surface area contributed by atoms with Gasteiger partial charge in [-0.05, 0) is 94.1 Å². The third-order valence-electron chi connectivity index (χ3n) is 13.8. The quantitative estimate of drug-likeness (QED) is 0.127. The molecule has 0 saturated heterocycles. The molecule has 6 aromatic heterocycles. The van der Waals surface area contributed by atoms with Crippen molar-refractivity contribution in [3.8, 4) is 28.6 Å². The number of benzene rings is 8. The largest absolute Gasteiger partial charge is 0.359 e. The van der Waals surface area contributed by atoms with Crippen LogP contribution in [0.15, 0.2) is 182 Å². The molecule has 0 radical (unpaired) electrons. The molecule has 0 bridgehead atoms. The number of para-hydroxylation sites is 7. The number of imidazole rings is 3. The Balaban J connectivity index is 0.00000469. The molecule has 9 heteroatoms. The molecule has 0 fully saturated rings. The van der Waals surface area contributed by atoms with Crippen molar-refractivity contribution in [1.82, 2.24) is 32.6 Å². The smallest absolute Gasteiger partial charge is 0.268 e. The predicted octanol–water partition coefficient (Wildman–Crippen LogP) is 13.2. The molecule has 0 amide bonds. The maximum absolute atomic E-state index is 5.32. The second kappa shape index (κ2) is 15.2. The maximum atomic E-state index is 5.32. The number of hydrogen-bond acceptors (Lipinski definition) is 2. The van der Waals surface area contributed by atoms with Gasteiger partial charge in [0.25, 0.3) is 6.33 Å². The molecular weight excluding hydrogens is 1030 g/mol. The number of nitrogens with zero attached hydrogens (tertiary/aromatic N) is 8. The molecule has 14 rings (SSSR count). The van der Waals surface area contributed by atoms with Crippen LogP contribution < -0.4 is 4.57 Å². The van der Waals surface area contributed by atoms with E-state index in [1.54, 1.807) is 0 Å². The molecule has 6 heterocycles. The fourth-order valence-electron chi connectivity index (χ4n) is 10.6. The average Bonchev–Trinajstić information content (AvgIpc) is 4.17. The zero-order valence-electron chi connectivity index (χ0n) is 38.2. The number of fused-ring (bicyclic) bond motifs is 12. The minimum atomic E-state index is -0.0743. The molecule has 0 N–H and O–H groups in total. The van der Waals surface area contributed by atoms with Crippen LogP contribution in [0.1, 0.15) is 31.9 Å². The Morgan fingerprint density at radius 2 is 1.20 bits per heavy atom. The minimum absolute atomic E-state index is 0. The third-order valence-corrected chi connectivity index (χ3v) is 13.8. The molecule has 8 aromatic carbocycles. The van der Waals surface area contributed by atoms with Crippen molar-refractivity contribution in [2.75, 3.05) is 0 Å². The third kappa shape index (κ3) is 6.01. The Labute approximate surface area is 411 Å². The van der Waals surface area contributed by atoms with E-state index in [2.05, 4.69) is 249 Å². The van der Waals surface area contributed by atoms with Crippen LogP contribution >= 0.6 is 0 Å². The van der Waals surface area contributed by atoms with E-state index in [1.165, 1.54) is 16.3 Å². The zero-order valence-corrected chi connectivity index (χ0v) is 40.5. The van der Waals surface area contributed by atoms with Crippen LogP contribution in [0.5, 0.6) is 0 Å². The topological polar surface area (TPSA) is 53.8 Å². The van der Waals surface area contributed by atoms with Crippen molar-refractivity contribution in [3.63, 3.8) is 0 Å². The van der Waals surface area contributed by atoms with E-state index in [0.717, 1.165) is 106 Å². The van der Waals surface area contributed by atoms with Crippen molar-refractivity contribution in [1.29, 1.82) is 0 Å². The van der Waals surface area contributed by atoms with Crippen LogP contribution in [0.2, 0.25) is 0 Å². The first-order chi connectivity index (χ1) is 33.3. The summed E-state index contributed by atoms with van der Waals surface area (Å²) in [6, 6.07) is 70.3. The second-order valence-electron chi connectivity index (χ2n) is 18.8. The Morgan fingerprint density at radius 1 is 0.536 bits per heavy atom. The first kappa shape index (κ1) is 41.2. The summed E-state index contributed by atoms with van der Waals surface area (Å²) >= 11 is 0. The standard InChI is InChI=1S/C60H42N8.Pt/c1-38-17-14-29-51-57(38)62-59-67(51)54-35-46-44-23-9-10-25-47(44)65(53(46)36-55(54)68(59)56-33-39(31-32-61-56)60(2,3)4)42-21-15-20-41(34-42)63-37-64(50-28-13-12-27-49(50)63)52-30-16-24-45-43-22-8-11-26-48(43)66(58(45)52)40-18-6-5-7-19-40;/h5-33,35H,1-4H3;/q-2;. The van der Waals surface area contributed by atoms with Crippen LogP contribution in [0.3, 0.4) is 0 Å². The molecular formula is C60H42N8Pt-2. The van der Waals surface area contributed by atoms with Crippen molar-refractivity contribution >= 4 is 82.5 Å². The fourth-order valence-corrected chi connectivity index (χ4v) is 10.6. The van der Waals surface area contributed by atoms with Gasteiger partial charge in [0.15, 0.2) is 0 Å². The van der Waals surface area contributed by atoms with Gasteiger partial charge in [-0.1, -0.05) is 135 Å². The Morgan fingerprint density at radius 3 is 2.01 bits per heavy atom. The summed E-state index contributed by atoms with van der Waals surface area (Å²) in [7, 11) is 0. The van der Waals surface area contributed by atoms with E-state index in [1.807, 2.05) is 6.20 Å². The van der Waals surface area contributed by atoms with Crippen LogP contribution in [0.4, 0.5) is 0 Å². The van der Waals surface area contributed by atoms with Gasteiger partial charge in [0.05, 0.1) is 38.8 Å². The Bertz CT molecular complexity index is 4380. The van der Waals surface area contributed by atoms with E-state index in [0.29, 0.717) is 0 Å². The predicted molar refractivity (Wildman–Crippen MR) is 274 cm³/mol. The molecule has 0 aliphatic carbocycles. The van der Waals surface area contributed by atoms with Crippen LogP contribution in [0.25, 0.3) is 111 Å². The van der Waals surface area contributed by atoms with Gasteiger partial charge >= 0.3 is 0 Å². The normalized spacial score (nSPS) is 12.2. The zero-order chi connectivity index (χ0) is 45.4. The molecule has 334 valence electrons. The summed E-state index contributed by atoms with van der Waals surface area (Å²) in [6.45, 7) is 8.84. The average molecular weight is 1070 g/mol. The summed E-state index contributed by atoms with van der Waals surface area (Å²) in [5.74, 6) is 1.61. The minimum Gasteiger partial charge on any atom is -0.359 e. The van der Waals surface area contributed by atoms with Crippen LogP contribution in [-0.4, -0.2) is 32.6 Å². The molecule has 0 unspecified atom stereocenters. The van der Waals surface area contributed by atoms with E-state index in [9.17, 15) is 0 Å². The molecule has 69 heavy (non-hydrogen) atoms. The van der Waals surface area contributed by atoms with E-state index in [-0.39, 0.29) is 26.5 Å². The summed E-state index contributed by atoms with van der Waals surface area (Å²) < 4.78 is 13.5. The van der Waals surface area contributed by atoms with Gasteiger partial charge in [0.2, 0.25) is 5.78 Å². The van der Waals surface area contributed by atoms with Crippen LogP contribution in [0, 0.1) is 25.4 Å². The molecule has 0 aliphatic rings. The second-order valence-corrected chi connectivity index (χ2v) is 18.8. The maximum Gasteiger partial charge on any atom is 0.268 e. The first-order valence-electron chi connectivity index (χ1n) is 23.1. The van der Waals surface area contributed by atoms with Gasteiger partial charge in [-0.2, -0.15) is 18.2 Å². The van der Waals surface area contributed by atoms with Crippen molar-refractivity contribution < 1.29 is 25.6 Å². The molecule has 0 spiro atoms. The SMILES string of the molecule is Cc1cccc2c1nc1n(-c3cc(C(C)(C)C)ccn3)c3[c-]c4c(cc3n21)c1ccccc1n4-c1[c-]c(-n2[c-][n+](-c3cccc4c5ccccc5n(-c5ccccc5)c34)c3ccccc32)ccc1.[Pt]. The molecule has 8 nitrogen and oxygen atoms in total. The summed E-state index contributed by atoms with van der Waals surface area (Å²) in [5.41, 5.74) is 16.4. The summed E-state index contributed by atoms with van der Waals surface area (Å²) in [4.78, 5) is 10.3.